The molecule has 0 aliphatic rings. The molecule has 0 heterocycles. The number of aryl methyl sites for hydroxylation is 2. The third kappa shape index (κ3) is 7.83. The summed E-state index contributed by atoms with van der Waals surface area (Å²) < 4.78 is 28.9. The molecule has 1 atom stereocenters. The van der Waals surface area contributed by atoms with E-state index in [2.05, 4.69) is 5.32 Å². The van der Waals surface area contributed by atoms with Crippen molar-refractivity contribution in [3.8, 4) is 0 Å². The van der Waals surface area contributed by atoms with E-state index in [1.165, 1.54) is 29.2 Å². The summed E-state index contributed by atoms with van der Waals surface area (Å²) in [5.41, 5.74) is 2.41. The molecule has 0 aliphatic heterocycles. The number of hydrogen-bond acceptors (Lipinski definition) is 4. The molecule has 0 spiro atoms. The maximum Gasteiger partial charge on any atom is 0.264 e. The largest absolute Gasteiger partial charge is 0.350 e. The van der Waals surface area contributed by atoms with Crippen LogP contribution in [0, 0.1) is 13.8 Å². The first-order valence-corrected chi connectivity index (χ1v) is 14.5. The number of carbonyl (C=O) groups excluding carboxylic acids is 2. The third-order valence-electron chi connectivity index (χ3n) is 6.17. The predicted molar refractivity (Wildman–Crippen MR) is 156 cm³/mol. The zero-order valence-corrected chi connectivity index (χ0v) is 24.8. The van der Waals surface area contributed by atoms with Gasteiger partial charge in [-0.25, -0.2) is 8.42 Å². The topological polar surface area (TPSA) is 86.8 Å². The first-order chi connectivity index (χ1) is 18.2. The number of para-hydroxylation sites is 1. The molecule has 2 amide bonds. The zero-order chi connectivity index (χ0) is 29.0. The van der Waals surface area contributed by atoms with Gasteiger partial charge < -0.3 is 10.2 Å². The van der Waals surface area contributed by atoms with E-state index in [1.807, 2.05) is 52.0 Å². The number of anilines is 1. The second-order valence-electron chi connectivity index (χ2n) is 10.7. The van der Waals surface area contributed by atoms with E-state index in [0.29, 0.717) is 16.3 Å². The van der Waals surface area contributed by atoms with Crippen LogP contribution in [0.1, 0.15) is 44.4 Å². The average molecular weight is 570 g/mol. The van der Waals surface area contributed by atoms with E-state index < -0.39 is 34.1 Å². The monoisotopic (exact) mass is 569 g/mol. The van der Waals surface area contributed by atoms with Crippen LogP contribution in [-0.4, -0.2) is 43.3 Å². The highest BCUT2D eigenvalue weighted by atomic mass is 35.5. The number of nitrogens with one attached hydrogen (secondary N) is 1. The lowest BCUT2D eigenvalue weighted by Crippen LogP contribution is -2.54. The molecule has 1 N–H and O–H groups in total. The molecular formula is C30H36ClN3O4S. The van der Waals surface area contributed by atoms with Gasteiger partial charge in [-0.05, 0) is 83.0 Å². The molecule has 0 saturated carbocycles. The van der Waals surface area contributed by atoms with Gasteiger partial charge in [0.2, 0.25) is 11.8 Å². The quantitative estimate of drug-likeness (QED) is 0.369. The molecule has 39 heavy (non-hydrogen) atoms. The van der Waals surface area contributed by atoms with E-state index >= 15 is 0 Å². The van der Waals surface area contributed by atoms with Crippen LogP contribution in [-0.2, 0) is 26.2 Å². The van der Waals surface area contributed by atoms with Crippen LogP contribution in [0.2, 0.25) is 5.02 Å². The minimum Gasteiger partial charge on any atom is -0.350 e. The number of nitrogens with zero attached hydrogens (tertiary/aromatic N) is 2. The van der Waals surface area contributed by atoms with Crippen molar-refractivity contribution in [1.82, 2.24) is 10.2 Å². The van der Waals surface area contributed by atoms with Crippen LogP contribution in [0.4, 0.5) is 5.69 Å². The van der Waals surface area contributed by atoms with Crippen molar-refractivity contribution in [2.45, 2.75) is 64.6 Å². The van der Waals surface area contributed by atoms with E-state index in [0.717, 1.165) is 15.4 Å². The van der Waals surface area contributed by atoms with Crippen molar-refractivity contribution in [1.29, 1.82) is 0 Å². The van der Waals surface area contributed by atoms with Crippen LogP contribution < -0.4 is 9.62 Å². The van der Waals surface area contributed by atoms with Gasteiger partial charge in [-0.2, -0.15) is 0 Å². The Morgan fingerprint density at radius 3 is 2.18 bits per heavy atom. The molecule has 3 rings (SSSR count). The van der Waals surface area contributed by atoms with Crippen molar-refractivity contribution < 1.29 is 18.0 Å². The highest BCUT2D eigenvalue weighted by Gasteiger charge is 2.33. The summed E-state index contributed by atoms with van der Waals surface area (Å²) in [5, 5.41) is 3.33. The van der Waals surface area contributed by atoms with Crippen molar-refractivity contribution >= 4 is 39.1 Å². The fourth-order valence-corrected chi connectivity index (χ4v) is 5.76. The molecule has 0 aromatic heterocycles. The molecule has 7 nitrogen and oxygen atoms in total. The lowest BCUT2D eigenvalue weighted by molar-refractivity contribution is -0.140. The van der Waals surface area contributed by atoms with Crippen molar-refractivity contribution in [3.05, 3.63) is 94.5 Å². The number of hydrogen-bond donors (Lipinski definition) is 1. The Hall–Kier alpha value is -3.36. The minimum atomic E-state index is -4.15. The third-order valence-corrected chi connectivity index (χ3v) is 8.19. The molecule has 0 unspecified atom stereocenters. The van der Waals surface area contributed by atoms with E-state index in [4.69, 9.17) is 11.6 Å². The summed E-state index contributed by atoms with van der Waals surface area (Å²) >= 11 is 6.00. The normalized spacial score (nSPS) is 12.5. The summed E-state index contributed by atoms with van der Waals surface area (Å²) in [6.45, 7) is 10.6. The zero-order valence-electron chi connectivity index (χ0n) is 23.2. The SMILES string of the molecule is Cc1cccc(CN(C(=O)CN(c2ccccc2C)S(=O)(=O)c2ccc(Cl)cc2)[C@H](C)C(=O)NC(C)(C)C)c1. The summed E-state index contributed by atoms with van der Waals surface area (Å²) in [6, 6.07) is 19.6. The van der Waals surface area contributed by atoms with Gasteiger partial charge in [0.15, 0.2) is 0 Å². The Balaban J connectivity index is 2.05. The number of benzene rings is 3. The van der Waals surface area contributed by atoms with Gasteiger partial charge in [0, 0.05) is 17.1 Å². The Morgan fingerprint density at radius 2 is 1.59 bits per heavy atom. The van der Waals surface area contributed by atoms with Crippen LogP contribution >= 0.6 is 11.6 Å². The molecule has 0 saturated heterocycles. The molecule has 0 fully saturated rings. The highest BCUT2D eigenvalue weighted by molar-refractivity contribution is 7.92. The molecule has 9 heteroatoms. The van der Waals surface area contributed by atoms with E-state index in [-0.39, 0.29) is 17.3 Å². The second-order valence-corrected chi connectivity index (χ2v) is 13.0. The first-order valence-electron chi connectivity index (χ1n) is 12.7. The molecular weight excluding hydrogens is 534 g/mol. The number of sulfonamides is 1. The summed E-state index contributed by atoms with van der Waals surface area (Å²) in [6.07, 6.45) is 0. The molecule has 3 aromatic carbocycles. The molecule has 208 valence electrons. The minimum absolute atomic E-state index is 0.00621. The average Bonchev–Trinajstić information content (AvgIpc) is 2.85. The van der Waals surface area contributed by atoms with Gasteiger partial charge in [0.05, 0.1) is 10.6 Å². The molecule has 0 radical (unpaired) electrons. The molecule has 0 aliphatic carbocycles. The smallest absolute Gasteiger partial charge is 0.264 e. The maximum absolute atomic E-state index is 14.0. The lowest BCUT2D eigenvalue weighted by atomic mass is 10.1. The van der Waals surface area contributed by atoms with Crippen molar-refractivity contribution in [3.63, 3.8) is 0 Å². The van der Waals surface area contributed by atoms with E-state index in [9.17, 15) is 18.0 Å². The predicted octanol–water partition coefficient (Wildman–Crippen LogP) is 5.48. The van der Waals surface area contributed by atoms with Crippen LogP contribution in [0.25, 0.3) is 0 Å². The Kier molecular flexibility index (Phi) is 9.46. The van der Waals surface area contributed by atoms with Gasteiger partial charge in [-0.3, -0.25) is 13.9 Å². The van der Waals surface area contributed by atoms with E-state index in [1.54, 1.807) is 38.1 Å². The van der Waals surface area contributed by atoms with Gasteiger partial charge in [-0.15, -0.1) is 0 Å². The van der Waals surface area contributed by atoms with Gasteiger partial charge >= 0.3 is 0 Å². The number of halogens is 1. The number of amides is 2. The fourth-order valence-electron chi connectivity index (χ4n) is 4.15. The molecule has 0 bridgehead atoms. The summed E-state index contributed by atoms with van der Waals surface area (Å²) in [5.74, 6) is -0.833. The van der Waals surface area contributed by atoms with Gasteiger partial charge in [-0.1, -0.05) is 59.6 Å². The lowest BCUT2D eigenvalue weighted by Gasteiger charge is -2.34. The molecule has 3 aromatic rings. The second kappa shape index (κ2) is 12.2. The number of carbonyl (C=O) groups is 2. The standard InChI is InChI=1S/C30H36ClN3O4S/c1-21-10-9-12-24(18-21)19-33(23(3)29(36)32-30(4,5)6)28(35)20-34(27-13-8-7-11-22(27)2)39(37,38)26-16-14-25(31)15-17-26/h7-18,23H,19-20H2,1-6H3,(H,32,36)/t23-/m1/s1. The Bertz CT molecular complexity index is 1430. The Labute approximate surface area is 236 Å². The van der Waals surface area contributed by atoms with Crippen LogP contribution in [0.5, 0.6) is 0 Å². The fraction of sp³-hybridized carbons (Fsp3) is 0.333. The van der Waals surface area contributed by atoms with Gasteiger partial charge in [0.25, 0.3) is 10.0 Å². The van der Waals surface area contributed by atoms with Crippen molar-refractivity contribution in [2.75, 3.05) is 10.8 Å². The first kappa shape index (κ1) is 30.2. The summed E-state index contributed by atoms with van der Waals surface area (Å²) in [7, 11) is -4.15. The Morgan fingerprint density at radius 1 is 0.949 bits per heavy atom. The van der Waals surface area contributed by atoms with Gasteiger partial charge in [0.1, 0.15) is 12.6 Å². The summed E-state index contributed by atoms with van der Waals surface area (Å²) in [4.78, 5) is 28.6. The van der Waals surface area contributed by atoms with Crippen LogP contribution in [0.3, 0.4) is 0 Å². The van der Waals surface area contributed by atoms with Crippen LogP contribution in [0.15, 0.2) is 77.7 Å². The maximum atomic E-state index is 14.0. The van der Waals surface area contributed by atoms with Crippen molar-refractivity contribution in [2.24, 2.45) is 0 Å². The number of rotatable bonds is 9. The highest BCUT2D eigenvalue weighted by Crippen LogP contribution is 2.28.